The molecular weight excluding hydrogens is 364 g/mol. The van der Waals surface area contributed by atoms with E-state index in [0.29, 0.717) is 34.9 Å². The second kappa shape index (κ2) is 7.51. The van der Waals surface area contributed by atoms with Crippen LogP contribution in [0.25, 0.3) is 0 Å². The number of carbonyl (C=O) groups is 2. The molecule has 4 rings (SSSR count). The first-order valence-electron chi connectivity index (χ1n) is 8.30. The van der Waals surface area contributed by atoms with Crippen molar-refractivity contribution in [2.24, 2.45) is 0 Å². The van der Waals surface area contributed by atoms with Gasteiger partial charge >= 0.3 is 0 Å². The van der Waals surface area contributed by atoms with Gasteiger partial charge in [-0.05, 0) is 41.3 Å². The van der Waals surface area contributed by atoms with Crippen LogP contribution >= 0.6 is 11.3 Å². The third-order valence-corrected chi connectivity index (χ3v) is 4.78. The Bertz CT molecular complexity index is 985. The zero-order valence-electron chi connectivity index (χ0n) is 14.2. The summed E-state index contributed by atoms with van der Waals surface area (Å²) in [5.74, 6) is 0.859. The van der Waals surface area contributed by atoms with E-state index < -0.39 is 0 Å². The highest BCUT2D eigenvalue weighted by Gasteiger charge is 2.16. The number of fused-ring (bicyclic) bond motifs is 1. The maximum absolute atomic E-state index is 12.6. The Morgan fingerprint density at radius 2 is 1.85 bits per heavy atom. The third-order valence-electron chi connectivity index (χ3n) is 4.09. The van der Waals surface area contributed by atoms with Gasteiger partial charge in [-0.1, -0.05) is 18.2 Å². The molecule has 0 saturated carbocycles. The molecule has 2 N–H and O–H groups in total. The number of hydrogen-bond donors (Lipinski definition) is 2. The highest BCUT2D eigenvalue weighted by atomic mass is 32.1. The number of benzene rings is 2. The number of ether oxygens (including phenoxy) is 2. The molecular formula is C20H16N2O4S. The van der Waals surface area contributed by atoms with Gasteiger partial charge in [0.05, 0.1) is 16.8 Å². The lowest BCUT2D eigenvalue weighted by Crippen LogP contribution is -2.24. The predicted molar refractivity (Wildman–Crippen MR) is 102 cm³/mol. The average molecular weight is 380 g/mol. The largest absolute Gasteiger partial charge is 0.454 e. The lowest BCUT2D eigenvalue weighted by molar-refractivity contribution is 0.0951. The van der Waals surface area contributed by atoms with Crippen LogP contribution in [-0.4, -0.2) is 18.6 Å². The molecule has 2 amide bonds. The quantitative estimate of drug-likeness (QED) is 0.708. The molecule has 1 aliphatic heterocycles. The van der Waals surface area contributed by atoms with E-state index in [9.17, 15) is 9.59 Å². The molecule has 0 spiro atoms. The van der Waals surface area contributed by atoms with Gasteiger partial charge in [0, 0.05) is 11.9 Å². The topological polar surface area (TPSA) is 76.7 Å². The van der Waals surface area contributed by atoms with Crippen LogP contribution < -0.4 is 20.1 Å². The standard InChI is InChI=1S/C20H16N2O4S/c23-19(14-7-8-27-11-14)22-16-4-2-1-3-15(16)20(24)21-10-13-5-6-17-18(9-13)26-12-25-17/h1-9,11H,10,12H2,(H,21,24)(H,22,23). The monoisotopic (exact) mass is 380 g/mol. The number of carbonyl (C=O) groups excluding carboxylic acids is 2. The lowest BCUT2D eigenvalue weighted by Gasteiger charge is -2.11. The summed E-state index contributed by atoms with van der Waals surface area (Å²) >= 11 is 1.44. The molecule has 27 heavy (non-hydrogen) atoms. The van der Waals surface area contributed by atoms with Crippen molar-refractivity contribution in [2.75, 3.05) is 12.1 Å². The molecule has 0 saturated heterocycles. The molecule has 0 radical (unpaired) electrons. The van der Waals surface area contributed by atoms with Crippen molar-refractivity contribution in [1.29, 1.82) is 0 Å². The number of amides is 2. The molecule has 7 heteroatoms. The number of hydrogen-bond acceptors (Lipinski definition) is 5. The van der Waals surface area contributed by atoms with Crippen LogP contribution in [0.15, 0.2) is 59.3 Å². The molecule has 0 atom stereocenters. The third kappa shape index (κ3) is 3.78. The van der Waals surface area contributed by atoms with E-state index in [1.54, 1.807) is 35.7 Å². The molecule has 0 bridgehead atoms. The fraction of sp³-hybridized carbons (Fsp3) is 0.100. The number of rotatable bonds is 5. The van der Waals surface area contributed by atoms with Crippen molar-refractivity contribution >= 4 is 28.8 Å². The molecule has 3 aromatic rings. The van der Waals surface area contributed by atoms with Gasteiger partial charge in [-0.15, -0.1) is 0 Å². The van der Waals surface area contributed by atoms with E-state index in [-0.39, 0.29) is 18.6 Å². The normalized spacial score (nSPS) is 11.9. The molecule has 136 valence electrons. The van der Waals surface area contributed by atoms with Gasteiger partial charge in [0.25, 0.3) is 11.8 Å². The first kappa shape index (κ1) is 17.1. The van der Waals surface area contributed by atoms with E-state index in [2.05, 4.69) is 10.6 Å². The van der Waals surface area contributed by atoms with Crippen molar-refractivity contribution in [3.05, 3.63) is 76.0 Å². The van der Waals surface area contributed by atoms with Gasteiger partial charge in [0.2, 0.25) is 6.79 Å². The highest BCUT2D eigenvalue weighted by molar-refractivity contribution is 7.08. The summed E-state index contributed by atoms with van der Waals surface area (Å²) < 4.78 is 10.6. The van der Waals surface area contributed by atoms with Gasteiger partial charge in [0.15, 0.2) is 11.5 Å². The Balaban J connectivity index is 1.45. The van der Waals surface area contributed by atoms with Crippen LogP contribution in [0.1, 0.15) is 26.3 Å². The predicted octanol–water partition coefficient (Wildman–Crippen LogP) is 3.66. The minimum absolute atomic E-state index is 0.211. The zero-order chi connectivity index (χ0) is 18.6. The molecule has 2 heterocycles. The summed E-state index contributed by atoms with van der Waals surface area (Å²) in [6, 6.07) is 14.2. The minimum atomic E-state index is -0.270. The van der Waals surface area contributed by atoms with E-state index in [0.717, 1.165) is 5.56 Å². The number of para-hydroxylation sites is 1. The van der Waals surface area contributed by atoms with Gasteiger partial charge < -0.3 is 20.1 Å². The van der Waals surface area contributed by atoms with Crippen molar-refractivity contribution in [3.8, 4) is 11.5 Å². The van der Waals surface area contributed by atoms with Crippen molar-refractivity contribution < 1.29 is 19.1 Å². The molecule has 1 aliphatic rings. The lowest BCUT2D eigenvalue weighted by atomic mass is 10.1. The second-order valence-corrected chi connectivity index (χ2v) is 6.66. The highest BCUT2D eigenvalue weighted by Crippen LogP contribution is 2.32. The van der Waals surface area contributed by atoms with Crippen LogP contribution in [0, 0.1) is 0 Å². The van der Waals surface area contributed by atoms with E-state index in [4.69, 9.17) is 9.47 Å². The Kier molecular flexibility index (Phi) is 4.76. The number of thiophene rings is 1. The molecule has 2 aromatic carbocycles. The van der Waals surface area contributed by atoms with Crippen molar-refractivity contribution in [1.82, 2.24) is 5.32 Å². The summed E-state index contributed by atoms with van der Waals surface area (Å²) in [6.07, 6.45) is 0. The maximum atomic E-state index is 12.6. The molecule has 6 nitrogen and oxygen atoms in total. The maximum Gasteiger partial charge on any atom is 0.256 e. The number of anilines is 1. The molecule has 0 unspecified atom stereocenters. The Morgan fingerprint density at radius 3 is 2.70 bits per heavy atom. The van der Waals surface area contributed by atoms with Gasteiger partial charge in [-0.3, -0.25) is 9.59 Å². The molecule has 0 aliphatic carbocycles. The van der Waals surface area contributed by atoms with Crippen LogP contribution in [0.5, 0.6) is 11.5 Å². The van der Waals surface area contributed by atoms with Crippen LogP contribution in [0.3, 0.4) is 0 Å². The molecule has 0 fully saturated rings. The second-order valence-electron chi connectivity index (χ2n) is 5.88. The molecule has 1 aromatic heterocycles. The minimum Gasteiger partial charge on any atom is -0.454 e. The zero-order valence-corrected chi connectivity index (χ0v) is 15.0. The summed E-state index contributed by atoms with van der Waals surface area (Å²) in [7, 11) is 0. The Labute approximate surface area is 159 Å². The van der Waals surface area contributed by atoms with E-state index >= 15 is 0 Å². The van der Waals surface area contributed by atoms with E-state index in [1.165, 1.54) is 11.3 Å². The fourth-order valence-electron chi connectivity index (χ4n) is 2.71. The van der Waals surface area contributed by atoms with Crippen molar-refractivity contribution in [3.63, 3.8) is 0 Å². The van der Waals surface area contributed by atoms with E-state index in [1.807, 2.05) is 23.6 Å². The smallest absolute Gasteiger partial charge is 0.256 e. The van der Waals surface area contributed by atoms with Gasteiger partial charge in [0.1, 0.15) is 0 Å². The SMILES string of the molecule is O=C(Nc1ccccc1C(=O)NCc1ccc2c(c1)OCO2)c1ccsc1. The van der Waals surface area contributed by atoms with Crippen LogP contribution in [0.2, 0.25) is 0 Å². The Morgan fingerprint density at radius 1 is 1.00 bits per heavy atom. The van der Waals surface area contributed by atoms with Gasteiger partial charge in [-0.25, -0.2) is 0 Å². The first-order valence-corrected chi connectivity index (χ1v) is 9.24. The number of nitrogens with one attached hydrogen (secondary N) is 2. The first-order chi connectivity index (χ1) is 13.2. The van der Waals surface area contributed by atoms with Gasteiger partial charge in [-0.2, -0.15) is 11.3 Å². The average Bonchev–Trinajstić information content (AvgIpc) is 3.38. The van der Waals surface area contributed by atoms with Crippen molar-refractivity contribution in [2.45, 2.75) is 6.54 Å². The van der Waals surface area contributed by atoms with Crippen LogP contribution in [-0.2, 0) is 6.54 Å². The summed E-state index contributed by atoms with van der Waals surface area (Å²) in [5, 5.41) is 9.26. The summed E-state index contributed by atoms with van der Waals surface area (Å²) in [6.45, 7) is 0.546. The fourth-order valence-corrected chi connectivity index (χ4v) is 3.34. The summed E-state index contributed by atoms with van der Waals surface area (Å²) in [4.78, 5) is 24.9. The van der Waals surface area contributed by atoms with Crippen LogP contribution in [0.4, 0.5) is 5.69 Å². The Hall–Kier alpha value is -3.32. The summed E-state index contributed by atoms with van der Waals surface area (Å²) in [5.41, 5.74) is 2.33.